The van der Waals surface area contributed by atoms with Gasteiger partial charge in [0.2, 0.25) is 0 Å². The molecule has 0 bridgehead atoms. The van der Waals surface area contributed by atoms with Crippen molar-refractivity contribution in [2.75, 3.05) is 19.4 Å². The Morgan fingerprint density at radius 3 is 3.12 bits per heavy atom. The van der Waals surface area contributed by atoms with Gasteiger partial charge in [0.15, 0.2) is 0 Å². The van der Waals surface area contributed by atoms with Gasteiger partial charge in [-0.2, -0.15) is 0 Å². The normalized spacial score (nSPS) is 20.0. The summed E-state index contributed by atoms with van der Waals surface area (Å²) in [5.74, 6) is 2.19. The molecule has 16 heavy (non-hydrogen) atoms. The average molecular weight is 237 g/mol. The Labute approximate surface area is 102 Å². The summed E-state index contributed by atoms with van der Waals surface area (Å²) in [7, 11) is 1.73. The first-order valence-corrected chi connectivity index (χ1v) is 6.88. The van der Waals surface area contributed by atoms with Crippen molar-refractivity contribution in [3.8, 4) is 5.75 Å². The van der Waals surface area contributed by atoms with Gasteiger partial charge in [0.05, 0.1) is 7.11 Å². The van der Waals surface area contributed by atoms with Gasteiger partial charge in [0.25, 0.3) is 0 Å². The molecule has 1 atom stereocenters. The number of fused-ring (bicyclic) bond motifs is 1. The number of methoxy groups -OCH3 is 1. The van der Waals surface area contributed by atoms with Crippen LogP contribution in [0, 0.1) is 0 Å². The molecule has 0 saturated heterocycles. The molecule has 2 nitrogen and oxygen atoms in total. The Kier molecular flexibility index (Phi) is 4.13. The molecule has 0 radical (unpaired) electrons. The first kappa shape index (κ1) is 11.8. The molecule has 0 aliphatic carbocycles. The number of hydrogen-bond donors (Lipinski definition) is 1. The third-order valence-electron chi connectivity index (χ3n) is 2.94. The highest BCUT2D eigenvalue weighted by Gasteiger charge is 2.18. The SMILES string of the molecule is CCNC1CCCSc2ccc(OC)cc21. The average Bonchev–Trinajstić information content (AvgIpc) is 2.52. The molecule has 1 aliphatic heterocycles. The summed E-state index contributed by atoms with van der Waals surface area (Å²) < 4.78 is 5.31. The lowest BCUT2D eigenvalue weighted by Crippen LogP contribution is -2.20. The van der Waals surface area contributed by atoms with Crippen LogP contribution in [0.25, 0.3) is 0 Å². The van der Waals surface area contributed by atoms with E-state index in [1.54, 1.807) is 7.11 Å². The predicted octanol–water partition coefficient (Wildman–Crippen LogP) is 3.23. The van der Waals surface area contributed by atoms with E-state index in [2.05, 4.69) is 30.4 Å². The molecule has 1 unspecified atom stereocenters. The minimum atomic E-state index is 0.491. The third-order valence-corrected chi connectivity index (χ3v) is 4.11. The zero-order valence-electron chi connectivity index (χ0n) is 9.95. The molecule has 0 aromatic heterocycles. The fourth-order valence-corrected chi connectivity index (χ4v) is 3.20. The van der Waals surface area contributed by atoms with Crippen LogP contribution in [0.4, 0.5) is 0 Å². The second-order valence-corrected chi connectivity index (χ2v) is 5.14. The monoisotopic (exact) mass is 237 g/mol. The lowest BCUT2D eigenvalue weighted by atomic mass is 10.0. The van der Waals surface area contributed by atoms with Crippen molar-refractivity contribution in [1.29, 1.82) is 0 Å². The summed E-state index contributed by atoms with van der Waals surface area (Å²) in [6.07, 6.45) is 2.50. The van der Waals surface area contributed by atoms with E-state index < -0.39 is 0 Å². The van der Waals surface area contributed by atoms with Crippen molar-refractivity contribution in [3.63, 3.8) is 0 Å². The molecular weight excluding hydrogens is 218 g/mol. The van der Waals surface area contributed by atoms with Gasteiger partial charge < -0.3 is 10.1 Å². The van der Waals surface area contributed by atoms with Gasteiger partial charge >= 0.3 is 0 Å². The summed E-state index contributed by atoms with van der Waals surface area (Å²) in [6.45, 7) is 3.18. The lowest BCUT2D eigenvalue weighted by molar-refractivity contribution is 0.411. The Morgan fingerprint density at radius 1 is 1.50 bits per heavy atom. The molecule has 2 rings (SSSR count). The number of hydrogen-bond acceptors (Lipinski definition) is 3. The minimum absolute atomic E-state index is 0.491. The maximum atomic E-state index is 5.31. The summed E-state index contributed by atoms with van der Waals surface area (Å²) >= 11 is 1.96. The van der Waals surface area contributed by atoms with Crippen LogP contribution in [0.5, 0.6) is 5.75 Å². The Balaban J connectivity index is 2.33. The van der Waals surface area contributed by atoms with Crippen LogP contribution >= 0.6 is 11.8 Å². The molecule has 1 aromatic carbocycles. The van der Waals surface area contributed by atoms with Gasteiger partial charge in [-0.3, -0.25) is 0 Å². The Hall–Kier alpha value is -0.670. The van der Waals surface area contributed by atoms with Crippen molar-refractivity contribution >= 4 is 11.8 Å². The highest BCUT2D eigenvalue weighted by molar-refractivity contribution is 7.99. The summed E-state index contributed by atoms with van der Waals surface area (Å²) in [4.78, 5) is 1.41. The smallest absolute Gasteiger partial charge is 0.119 e. The van der Waals surface area contributed by atoms with Gasteiger partial charge in [0.1, 0.15) is 5.75 Å². The van der Waals surface area contributed by atoms with Crippen LogP contribution in [-0.4, -0.2) is 19.4 Å². The van der Waals surface area contributed by atoms with Gasteiger partial charge in [-0.15, -0.1) is 11.8 Å². The molecular formula is C13H19NOS. The summed E-state index contributed by atoms with van der Waals surface area (Å²) in [6, 6.07) is 6.92. The molecule has 0 fully saturated rings. The third kappa shape index (κ3) is 2.53. The van der Waals surface area contributed by atoms with E-state index in [1.807, 2.05) is 11.8 Å². The van der Waals surface area contributed by atoms with E-state index in [0.717, 1.165) is 12.3 Å². The molecule has 1 aromatic rings. The van der Waals surface area contributed by atoms with Crippen molar-refractivity contribution in [3.05, 3.63) is 23.8 Å². The second-order valence-electron chi connectivity index (χ2n) is 4.00. The van der Waals surface area contributed by atoms with E-state index in [-0.39, 0.29) is 0 Å². The van der Waals surface area contributed by atoms with Crippen molar-refractivity contribution in [2.24, 2.45) is 0 Å². The standard InChI is InChI=1S/C13H19NOS/c1-3-14-12-5-4-8-16-13-7-6-10(15-2)9-11(12)13/h6-7,9,12,14H,3-5,8H2,1-2H3. The minimum Gasteiger partial charge on any atom is -0.497 e. The zero-order chi connectivity index (χ0) is 11.4. The topological polar surface area (TPSA) is 21.3 Å². The van der Waals surface area contributed by atoms with Crippen LogP contribution < -0.4 is 10.1 Å². The van der Waals surface area contributed by atoms with Crippen LogP contribution in [0.1, 0.15) is 31.4 Å². The largest absolute Gasteiger partial charge is 0.497 e. The van der Waals surface area contributed by atoms with Gasteiger partial charge in [-0.25, -0.2) is 0 Å². The molecule has 3 heteroatoms. The molecule has 88 valence electrons. The van der Waals surface area contributed by atoms with Gasteiger partial charge in [-0.05, 0) is 48.9 Å². The first-order chi connectivity index (χ1) is 7.85. The number of ether oxygens (including phenoxy) is 1. The number of rotatable bonds is 3. The van der Waals surface area contributed by atoms with Crippen LogP contribution in [0.15, 0.2) is 23.1 Å². The molecule has 1 N–H and O–H groups in total. The van der Waals surface area contributed by atoms with Crippen molar-refractivity contribution in [1.82, 2.24) is 5.32 Å². The fourth-order valence-electron chi connectivity index (χ4n) is 2.14. The number of benzene rings is 1. The fraction of sp³-hybridized carbons (Fsp3) is 0.538. The van der Waals surface area contributed by atoms with Gasteiger partial charge in [0, 0.05) is 10.9 Å². The highest BCUT2D eigenvalue weighted by Crippen LogP contribution is 2.36. The predicted molar refractivity (Wildman–Crippen MR) is 69.4 cm³/mol. The van der Waals surface area contributed by atoms with Crippen LogP contribution in [0.3, 0.4) is 0 Å². The van der Waals surface area contributed by atoms with E-state index >= 15 is 0 Å². The molecule has 0 spiro atoms. The van der Waals surface area contributed by atoms with E-state index in [0.29, 0.717) is 6.04 Å². The molecule has 0 amide bonds. The first-order valence-electron chi connectivity index (χ1n) is 5.89. The number of thioether (sulfide) groups is 1. The van der Waals surface area contributed by atoms with Crippen molar-refractivity contribution < 1.29 is 4.74 Å². The van der Waals surface area contributed by atoms with Crippen LogP contribution in [-0.2, 0) is 0 Å². The second kappa shape index (κ2) is 5.60. The summed E-state index contributed by atoms with van der Waals surface area (Å²) in [5.41, 5.74) is 1.41. The van der Waals surface area contributed by atoms with Crippen molar-refractivity contribution in [2.45, 2.75) is 30.7 Å². The number of nitrogens with one attached hydrogen (secondary N) is 1. The maximum absolute atomic E-state index is 5.31. The van der Waals surface area contributed by atoms with E-state index in [1.165, 1.54) is 29.1 Å². The van der Waals surface area contributed by atoms with Crippen LogP contribution in [0.2, 0.25) is 0 Å². The lowest BCUT2D eigenvalue weighted by Gasteiger charge is -2.18. The highest BCUT2D eigenvalue weighted by atomic mass is 32.2. The summed E-state index contributed by atoms with van der Waals surface area (Å²) in [5, 5.41) is 3.56. The maximum Gasteiger partial charge on any atom is 0.119 e. The van der Waals surface area contributed by atoms with E-state index in [9.17, 15) is 0 Å². The Bertz CT molecular complexity index is 354. The van der Waals surface area contributed by atoms with E-state index in [4.69, 9.17) is 4.74 Å². The molecule has 1 aliphatic rings. The molecule has 1 heterocycles. The molecule has 0 saturated carbocycles. The quantitative estimate of drug-likeness (QED) is 0.872. The Morgan fingerprint density at radius 2 is 2.38 bits per heavy atom. The van der Waals surface area contributed by atoms with Gasteiger partial charge in [-0.1, -0.05) is 6.92 Å². The zero-order valence-corrected chi connectivity index (χ0v) is 10.8.